The minimum Gasteiger partial charge on any atom is -0.442 e. The molecule has 1 aliphatic rings. The van der Waals surface area contributed by atoms with Crippen LogP contribution in [0.2, 0.25) is 0 Å². The van der Waals surface area contributed by atoms with Crippen LogP contribution in [0.1, 0.15) is 12.5 Å². The summed E-state index contributed by atoms with van der Waals surface area (Å²) in [5, 5.41) is 12.8. The van der Waals surface area contributed by atoms with Crippen molar-refractivity contribution in [2.24, 2.45) is 7.05 Å². The zero-order valence-corrected chi connectivity index (χ0v) is 19.1. The van der Waals surface area contributed by atoms with Gasteiger partial charge in [0.25, 0.3) is 5.16 Å². The number of hydrogen-bond donors (Lipinski definition) is 1. The molecular weight excluding hydrogens is 467 g/mol. The molecule has 2 heterocycles. The second-order valence-electron chi connectivity index (χ2n) is 7.76. The second kappa shape index (κ2) is 9.17. The van der Waals surface area contributed by atoms with Crippen LogP contribution in [0, 0.1) is 5.82 Å². The summed E-state index contributed by atoms with van der Waals surface area (Å²) in [6.07, 6.45) is -1.15. The van der Waals surface area contributed by atoms with Gasteiger partial charge in [-0.3, -0.25) is 9.69 Å². The van der Waals surface area contributed by atoms with Gasteiger partial charge in [0.15, 0.2) is 0 Å². The minimum absolute atomic E-state index is 0.174. The fourth-order valence-electron chi connectivity index (χ4n) is 3.55. The molecule has 1 aromatic heterocycles. The number of rotatable bonds is 7. The molecule has 0 aliphatic carbocycles. The molecule has 1 atom stereocenters. The highest BCUT2D eigenvalue weighted by molar-refractivity contribution is 7.90. The average Bonchev–Trinajstić information content (AvgIpc) is 3.38. The quantitative estimate of drug-likeness (QED) is 0.528. The second-order valence-corrected chi connectivity index (χ2v) is 9.64. The largest absolute Gasteiger partial charge is 0.442 e. The number of anilines is 1. The summed E-state index contributed by atoms with van der Waals surface area (Å²) in [4.78, 5) is 24.5. The number of aryl methyl sites for hydroxylation is 1. The Bertz CT molecular complexity index is 1340. The molecule has 1 saturated heterocycles. The molecule has 0 spiro atoms. The number of sulfone groups is 1. The Balaban J connectivity index is 1.48. The van der Waals surface area contributed by atoms with Crippen molar-refractivity contribution in [3.8, 4) is 11.1 Å². The highest BCUT2D eigenvalue weighted by atomic mass is 32.2. The first-order valence-electron chi connectivity index (χ1n) is 10.2. The van der Waals surface area contributed by atoms with Crippen molar-refractivity contribution >= 4 is 27.5 Å². The monoisotopic (exact) mass is 488 g/mol. The van der Waals surface area contributed by atoms with E-state index in [1.54, 1.807) is 30.3 Å². The molecule has 0 radical (unpaired) electrons. The number of nitrogens with one attached hydrogen (secondary N) is 1. The third-order valence-electron chi connectivity index (χ3n) is 5.20. The smallest absolute Gasteiger partial charge is 0.414 e. The summed E-state index contributed by atoms with van der Waals surface area (Å²) in [6, 6.07) is 10.8. The lowest BCUT2D eigenvalue weighted by molar-refractivity contribution is -0.119. The summed E-state index contributed by atoms with van der Waals surface area (Å²) in [7, 11) is -2.30. The van der Waals surface area contributed by atoms with Gasteiger partial charge < -0.3 is 10.1 Å². The van der Waals surface area contributed by atoms with Crippen molar-refractivity contribution in [1.82, 2.24) is 25.5 Å². The van der Waals surface area contributed by atoms with E-state index in [2.05, 4.69) is 20.8 Å². The first-order valence-corrected chi connectivity index (χ1v) is 11.9. The van der Waals surface area contributed by atoms with Gasteiger partial charge in [0.05, 0.1) is 24.5 Å². The number of ether oxygens (including phenoxy) is 1. The summed E-state index contributed by atoms with van der Waals surface area (Å²) >= 11 is 0. The fourth-order valence-corrected chi connectivity index (χ4v) is 4.91. The number of aromatic nitrogens is 4. The molecular formula is C21H21FN6O5S. The molecule has 2 amide bonds. The maximum Gasteiger partial charge on any atom is 0.414 e. The number of tetrazole rings is 1. The number of cyclic esters (lactones) is 1. The lowest BCUT2D eigenvalue weighted by atomic mass is 10.0. The normalized spacial score (nSPS) is 15.9. The van der Waals surface area contributed by atoms with Gasteiger partial charge in [0.2, 0.25) is 15.7 Å². The number of halogens is 1. The van der Waals surface area contributed by atoms with E-state index in [4.69, 9.17) is 4.74 Å². The van der Waals surface area contributed by atoms with Crippen LogP contribution in [0.15, 0.2) is 47.6 Å². The van der Waals surface area contributed by atoms with Crippen LogP contribution in [0.4, 0.5) is 14.9 Å². The zero-order chi connectivity index (χ0) is 24.5. The summed E-state index contributed by atoms with van der Waals surface area (Å²) in [6.45, 7) is 1.72. The molecule has 3 aromatic rings. The Morgan fingerprint density at radius 3 is 2.59 bits per heavy atom. The standard InChI is InChI=1S/C21H21FN6O5S/c1-13(29)23-10-17-11-28(21(30)33-17)16-7-8-18(19(22)9-16)15-5-3-14(4-6-15)12-34(31,32)20-24-25-26-27(20)2/h3-9,17H,10-12H2,1-2H3,(H,23,29). The van der Waals surface area contributed by atoms with Crippen molar-refractivity contribution in [2.75, 3.05) is 18.0 Å². The van der Waals surface area contributed by atoms with Crippen molar-refractivity contribution in [3.05, 3.63) is 53.8 Å². The Kier molecular flexibility index (Phi) is 6.28. The third kappa shape index (κ3) is 4.88. The highest BCUT2D eigenvalue weighted by Crippen LogP contribution is 2.29. The fraction of sp³-hybridized carbons (Fsp3) is 0.286. The molecule has 1 fully saturated rings. The minimum atomic E-state index is -3.74. The number of carbonyl (C=O) groups excluding carboxylic acids is 2. The SMILES string of the molecule is CC(=O)NCC1CN(c2ccc(-c3ccc(CS(=O)(=O)c4nnnn4C)cc3)c(F)c2)C(=O)O1. The maximum absolute atomic E-state index is 14.9. The van der Waals surface area contributed by atoms with Crippen molar-refractivity contribution in [1.29, 1.82) is 0 Å². The van der Waals surface area contributed by atoms with Gasteiger partial charge in [0, 0.05) is 19.5 Å². The van der Waals surface area contributed by atoms with Gasteiger partial charge in [-0.2, -0.15) is 0 Å². The van der Waals surface area contributed by atoms with E-state index in [1.165, 1.54) is 31.0 Å². The first kappa shape index (κ1) is 23.3. The molecule has 2 aromatic carbocycles. The van der Waals surface area contributed by atoms with E-state index < -0.39 is 27.9 Å². The lowest BCUT2D eigenvalue weighted by Gasteiger charge is -2.14. The Morgan fingerprint density at radius 2 is 1.97 bits per heavy atom. The molecule has 0 saturated carbocycles. The third-order valence-corrected chi connectivity index (χ3v) is 6.81. The molecule has 11 nitrogen and oxygen atoms in total. The Hall–Kier alpha value is -3.87. The number of benzene rings is 2. The summed E-state index contributed by atoms with van der Waals surface area (Å²) in [5.74, 6) is -1.10. The average molecular weight is 489 g/mol. The van der Waals surface area contributed by atoms with Crippen molar-refractivity contribution in [2.45, 2.75) is 23.9 Å². The van der Waals surface area contributed by atoms with Crippen molar-refractivity contribution < 1.29 is 27.1 Å². The van der Waals surface area contributed by atoms with Crippen LogP contribution in [0.3, 0.4) is 0 Å². The number of nitrogens with zero attached hydrogens (tertiary/aromatic N) is 5. The zero-order valence-electron chi connectivity index (χ0n) is 18.3. The van der Waals surface area contributed by atoms with Gasteiger partial charge in [-0.05, 0) is 39.8 Å². The first-order chi connectivity index (χ1) is 16.1. The highest BCUT2D eigenvalue weighted by Gasteiger charge is 2.32. The number of amides is 2. The lowest BCUT2D eigenvalue weighted by Crippen LogP contribution is -2.33. The van der Waals surface area contributed by atoms with Crippen molar-refractivity contribution in [3.63, 3.8) is 0 Å². The number of carbonyl (C=O) groups is 2. The van der Waals surface area contributed by atoms with Crippen LogP contribution in [-0.2, 0) is 32.2 Å². The molecule has 13 heteroatoms. The van der Waals surface area contributed by atoms with Gasteiger partial charge in [-0.15, -0.1) is 0 Å². The molecule has 0 bridgehead atoms. The molecule has 1 aliphatic heterocycles. The summed E-state index contributed by atoms with van der Waals surface area (Å²) in [5.41, 5.74) is 1.65. The van der Waals surface area contributed by atoms with Gasteiger partial charge in [-0.1, -0.05) is 29.4 Å². The molecule has 1 unspecified atom stereocenters. The summed E-state index contributed by atoms with van der Waals surface area (Å²) < 4.78 is 46.2. The van der Waals surface area contributed by atoms with E-state index in [0.29, 0.717) is 16.8 Å². The maximum atomic E-state index is 14.9. The van der Waals surface area contributed by atoms with Gasteiger partial charge in [-0.25, -0.2) is 22.3 Å². The molecule has 4 rings (SSSR count). The molecule has 178 valence electrons. The molecule has 1 N–H and O–H groups in total. The van der Waals surface area contributed by atoms with E-state index in [-0.39, 0.29) is 35.5 Å². The predicted molar refractivity (Wildman–Crippen MR) is 118 cm³/mol. The Morgan fingerprint density at radius 1 is 1.24 bits per heavy atom. The van der Waals surface area contributed by atoms with E-state index >= 15 is 0 Å². The predicted octanol–water partition coefficient (Wildman–Crippen LogP) is 1.45. The van der Waals surface area contributed by atoms with Gasteiger partial charge >= 0.3 is 6.09 Å². The molecule has 34 heavy (non-hydrogen) atoms. The van der Waals surface area contributed by atoms with E-state index in [1.807, 2.05) is 0 Å². The Labute approximate surface area is 194 Å². The van der Waals surface area contributed by atoms with Crippen LogP contribution < -0.4 is 10.2 Å². The van der Waals surface area contributed by atoms with E-state index in [9.17, 15) is 22.4 Å². The van der Waals surface area contributed by atoms with Gasteiger partial charge in [0.1, 0.15) is 11.9 Å². The topological polar surface area (TPSA) is 136 Å². The van der Waals surface area contributed by atoms with Crippen LogP contribution >= 0.6 is 0 Å². The van der Waals surface area contributed by atoms with Crippen LogP contribution in [0.25, 0.3) is 11.1 Å². The van der Waals surface area contributed by atoms with Crippen LogP contribution in [0.5, 0.6) is 0 Å². The van der Waals surface area contributed by atoms with E-state index in [0.717, 1.165) is 4.68 Å². The van der Waals surface area contributed by atoms with Crippen LogP contribution in [-0.4, -0.2) is 59.8 Å². The number of hydrogen-bond acceptors (Lipinski definition) is 8.